The molecule has 2 heterocycles. The van der Waals surface area contributed by atoms with Gasteiger partial charge in [-0.15, -0.1) is 0 Å². The number of hydrogen-bond donors (Lipinski definition) is 2. The van der Waals surface area contributed by atoms with Gasteiger partial charge in [0.15, 0.2) is 0 Å². The average molecular weight is 291 g/mol. The van der Waals surface area contributed by atoms with E-state index < -0.39 is 0 Å². The maximum absolute atomic E-state index is 12.0. The van der Waals surface area contributed by atoms with Crippen molar-refractivity contribution in [2.24, 2.45) is 0 Å². The van der Waals surface area contributed by atoms with Crippen LogP contribution in [0.4, 0.5) is 16.3 Å². The van der Waals surface area contributed by atoms with Gasteiger partial charge in [-0.1, -0.05) is 6.92 Å². The lowest BCUT2D eigenvalue weighted by atomic mass is 10.1. The first-order valence-corrected chi connectivity index (χ1v) is 7.51. The van der Waals surface area contributed by atoms with E-state index in [1.165, 1.54) is 0 Å². The molecule has 0 saturated carbocycles. The predicted molar refractivity (Wildman–Crippen MR) is 85.9 cm³/mol. The number of likely N-dealkylation sites (N-methyl/N-ethyl adjacent to an activating group) is 1. The van der Waals surface area contributed by atoms with Gasteiger partial charge in [-0.25, -0.2) is 9.78 Å². The first-order valence-electron chi connectivity index (χ1n) is 7.51. The van der Waals surface area contributed by atoms with E-state index in [1.54, 1.807) is 6.20 Å². The summed E-state index contributed by atoms with van der Waals surface area (Å²) in [6.07, 6.45) is 3.85. The molecule has 0 unspecified atom stereocenters. The number of aromatic nitrogens is 1. The lowest BCUT2D eigenvalue weighted by molar-refractivity contribution is 0.196. The molecule has 0 spiro atoms. The van der Waals surface area contributed by atoms with E-state index in [-0.39, 0.29) is 12.1 Å². The molecule has 0 radical (unpaired) electrons. The zero-order valence-corrected chi connectivity index (χ0v) is 13.1. The van der Waals surface area contributed by atoms with Gasteiger partial charge in [0, 0.05) is 26.7 Å². The number of amides is 2. The van der Waals surface area contributed by atoms with Gasteiger partial charge < -0.3 is 20.4 Å². The lowest BCUT2D eigenvalue weighted by Crippen LogP contribution is -2.48. The second-order valence-corrected chi connectivity index (χ2v) is 5.63. The van der Waals surface area contributed by atoms with Gasteiger partial charge >= 0.3 is 6.03 Å². The molecule has 2 N–H and O–H groups in total. The Morgan fingerprint density at radius 1 is 1.48 bits per heavy atom. The quantitative estimate of drug-likeness (QED) is 0.887. The summed E-state index contributed by atoms with van der Waals surface area (Å²) in [5, 5.41) is 5.88. The van der Waals surface area contributed by atoms with Crippen molar-refractivity contribution >= 4 is 17.5 Å². The molecule has 21 heavy (non-hydrogen) atoms. The number of carbonyl (C=O) groups excluding carboxylic acids is 1. The number of likely N-dealkylation sites (tertiary alicyclic amines) is 1. The zero-order chi connectivity index (χ0) is 15.2. The van der Waals surface area contributed by atoms with Crippen molar-refractivity contribution in [3.8, 4) is 0 Å². The van der Waals surface area contributed by atoms with E-state index in [2.05, 4.69) is 27.4 Å². The van der Waals surface area contributed by atoms with Crippen LogP contribution in [0.25, 0.3) is 0 Å². The molecule has 0 bridgehead atoms. The highest BCUT2D eigenvalue weighted by Gasteiger charge is 2.20. The number of piperidine rings is 1. The van der Waals surface area contributed by atoms with E-state index in [0.29, 0.717) is 5.69 Å². The molecule has 1 fully saturated rings. The summed E-state index contributed by atoms with van der Waals surface area (Å²) in [5.41, 5.74) is 0.709. The predicted octanol–water partition coefficient (Wildman–Crippen LogP) is 1.75. The fraction of sp³-hybridized carbons (Fsp3) is 0.600. The molecule has 0 aromatic carbocycles. The van der Waals surface area contributed by atoms with Crippen LogP contribution in [-0.4, -0.2) is 55.7 Å². The molecule has 1 aromatic rings. The normalized spacial score (nSPS) is 19.1. The number of rotatable bonds is 4. The molecule has 1 aromatic heterocycles. The molecule has 1 atom stereocenters. The molecular weight excluding hydrogens is 266 g/mol. The van der Waals surface area contributed by atoms with E-state index in [9.17, 15) is 4.79 Å². The number of urea groups is 1. The highest BCUT2D eigenvalue weighted by Crippen LogP contribution is 2.12. The number of carbonyl (C=O) groups is 1. The summed E-state index contributed by atoms with van der Waals surface area (Å²) >= 11 is 0. The molecule has 6 nitrogen and oxygen atoms in total. The fourth-order valence-electron chi connectivity index (χ4n) is 2.54. The highest BCUT2D eigenvalue weighted by atomic mass is 16.2. The van der Waals surface area contributed by atoms with Crippen LogP contribution in [0.5, 0.6) is 0 Å². The first kappa shape index (κ1) is 15.6. The third kappa shape index (κ3) is 4.60. The minimum absolute atomic E-state index is 0.155. The van der Waals surface area contributed by atoms with Crippen LogP contribution < -0.4 is 15.5 Å². The zero-order valence-electron chi connectivity index (χ0n) is 13.1. The Bertz CT molecular complexity index is 460. The molecule has 116 valence electrons. The maximum Gasteiger partial charge on any atom is 0.319 e. The van der Waals surface area contributed by atoms with Gasteiger partial charge in [0.05, 0.1) is 11.9 Å². The molecule has 1 saturated heterocycles. The molecule has 2 rings (SSSR count). The Balaban J connectivity index is 1.83. The average Bonchev–Trinajstić information content (AvgIpc) is 2.47. The Morgan fingerprint density at radius 2 is 2.29 bits per heavy atom. The van der Waals surface area contributed by atoms with Crippen LogP contribution >= 0.6 is 0 Å². The summed E-state index contributed by atoms with van der Waals surface area (Å²) in [4.78, 5) is 20.6. The van der Waals surface area contributed by atoms with Crippen molar-refractivity contribution in [2.75, 3.05) is 43.9 Å². The van der Waals surface area contributed by atoms with Crippen LogP contribution in [-0.2, 0) is 0 Å². The van der Waals surface area contributed by atoms with Crippen molar-refractivity contribution in [2.45, 2.75) is 25.8 Å². The molecular formula is C15H25N5O. The molecule has 1 aliphatic heterocycles. The first-order chi connectivity index (χ1) is 10.1. The molecule has 0 aliphatic carbocycles. The Labute approximate surface area is 126 Å². The Hall–Kier alpha value is -1.82. The minimum Gasteiger partial charge on any atom is -0.363 e. The number of pyridine rings is 1. The van der Waals surface area contributed by atoms with Crippen LogP contribution in [0.15, 0.2) is 18.3 Å². The molecule has 2 amide bonds. The topological polar surface area (TPSA) is 60.5 Å². The number of anilines is 2. The second kappa shape index (κ2) is 7.26. The van der Waals surface area contributed by atoms with Crippen molar-refractivity contribution < 1.29 is 4.79 Å². The third-order valence-corrected chi connectivity index (χ3v) is 3.75. The summed E-state index contributed by atoms with van der Waals surface area (Å²) in [6, 6.07) is 3.82. The summed E-state index contributed by atoms with van der Waals surface area (Å²) in [5.74, 6) is 0.867. The highest BCUT2D eigenvalue weighted by molar-refractivity contribution is 5.89. The minimum atomic E-state index is -0.155. The Kier molecular flexibility index (Phi) is 5.38. The molecule has 6 heteroatoms. The number of nitrogens with one attached hydrogen (secondary N) is 2. The van der Waals surface area contributed by atoms with Crippen molar-refractivity contribution in [1.29, 1.82) is 0 Å². The van der Waals surface area contributed by atoms with Crippen molar-refractivity contribution in [3.63, 3.8) is 0 Å². The van der Waals surface area contributed by atoms with E-state index in [4.69, 9.17) is 0 Å². The van der Waals surface area contributed by atoms with Crippen LogP contribution in [0, 0.1) is 0 Å². The Morgan fingerprint density at radius 3 is 2.90 bits per heavy atom. The van der Waals surface area contributed by atoms with E-state index >= 15 is 0 Å². The van der Waals surface area contributed by atoms with Gasteiger partial charge in [-0.2, -0.15) is 0 Å². The lowest BCUT2D eigenvalue weighted by Gasteiger charge is -2.32. The largest absolute Gasteiger partial charge is 0.363 e. The van der Waals surface area contributed by atoms with Crippen molar-refractivity contribution in [1.82, 2.24) is 15.2 Å². The van der Waals surface area contributed by atoms with Gasteiger partial charge in [0.2, 0.25) is 0 Å². The van der Waals surface area contributed by atoms with E-state index in [1.807, 2.05) is 31.1 Å². The van der Waals surface area contributed by atoms with Gasteiger partial charge in [-0.05, 0) is 38.1 Å². The fourth-order valence-corrected chi connectivity index (χ4v) is 2.54. The third-order valence-electron chi connectivity index (χ3n) is 3.75. The SMILES string of the molecule is CCN1CCC[C@@H](NC(=O)Nc2ccc(N(C)C)nc2)C1. The molecule has 1 aliphatic rings. The summed E-state index contributed by atoms with van der Waals surface area (Å²) < 4.78 is 0. The van der Waals surface area contributed by atoms with Gasteiger partial charge in [-0.3, -0.25) is 0 Å². The van der Waals surface area contributed by atoms with Gasteiger partial charge in [0.25, 0.3) is 0 Å². The summed E-state index contributed by atoms with van der Waals surface area (Å²) in [6.45, 7) is 5.25. The van der Waals surface area contributed by atoms with Gasteiger partial charge in [0.1, 0.15) is 5.82 Å². The number of hydrogen-bond acceptors (Lipinski definition) is 4. The van der Waals surface area contributed by atoms with Crippen LogP contribution in [0.3, 0.4) is 0 Å². The second-order valence-electron chi connectivity index (χ2n) is 5.63. The van der Waals surface area contributed by atoms with E-state index in [0.717, 1.165) is 38.3 Å². The maximum atomic E-state index is 12.0. The smallest absolute Gasteiger partial charge is 0.319 e. The van der Waals surface area contributed by atoms with Crippen LogP contribution in [0.1, 0.15) is 19.8 Å². The number of nitrogens with zero attached hydrogens (tertiary/aromatic N) is 3. The standard InChI is InChI=1S/C15H25N5O/c1-4-20-9-5-6-13(11-20)18-15(21)17-12-7-8-14(16-10-12)19(2)3/h7-8,10,13H,4-6,9,11H2,1-3H3,(H2,17,18,21)/t13-/m1/s1. The summed E-state index contributed by atoms with van der Waals surface area (Å²) in [7, 11) is 3.87. The monoisotopic (exact) mass is 291 g/mol. The van der Waals surface area contributed by atoms with Crippen molar-refractivity contribution in [3.05, 3.63) is 18.3 Å². The van der Waals surface area contributed by atoms with Crippen LogP contribution in [0.2, 0.25) is 0 Å².